The van der Waals surface area contributed by atoms with Gasteiger partial charge >= 0.3 is 0 Å². The molecule has 0 unspecified atom stereocenters. The lowest BCUT2D eigenvalue weighted by Crippen LogP contribution is -2.22. The van der Waals surface area contributed by atoms with Crippen molar-refractivity contribution >= 4 is 33.2 Å². The Morgan fingerprint density at radius 2 is 1.55 bits per heavy atom. The summed E-state index contributed by atoms with van der Waals surface area (Å²) < 4.78 is 17.2. The Labute approximate surface area is 189 Å². The molecule has 5 heteroatoms. The summed E-state index contributed by atoms with van der Waals surface area (Å²) in [5.41, 5.74) is 2.84. The van der Waals surface area contributed by atoms with Gasteiger partial charge in [-0.2, -0.15) is 0 Å². The van der Waals surface area contributed by atoms with Crippen molar-refractivity contribution in [2.45, 2.75) is 0 Å². The van der Waals surface area contributed by atoms with E-state index < -0.39 is 0 Å². The van der Waals surface area contributed by atoms with Crippen LogP contribution in [0.2, 0.25) is 0 Å². The molecule has 0 aliphatic carbocycles. The van der Waals surface area contributed by atoms with E-state index in [1.807, 2.05) is 78.9 Å². The summed E-state index contributed by atoms with van der Waals surface area (Å²) in [5, 5.41) is 4.33. The number of para-hydroxylation sites is 1. The molecule has 4 aromatic carbocycles. The van der Waals surface area contributed by atoms with E-state index in [2.05, 4.69) is 4.99 Å². The fraction of sp³-hybridized carbons (Fsp3) is 0.0714. The number of rotatable bonds is 4. The predicted molar refractivity (Wildman–Crippen MR) is 127 cm³/mol. The first-order valence-electron chi connectivity index (χ1n) is 10.6. The van der Waals surface area contributed by atoms with E-state index in [9.17, 15) is 4.79 Å². The van der Waals surface area contributed by atoms with Crippen LogP contribution >= 0.6 is 0 Å². The number of fused-ring (bicyclic) bond motifs is 4. The average Bonchev–Trinajstić information content (AvgIpc) is 3.40. The summed E-state index contributed by atoms with van der Waals surface area (Å²) in [5.74, 6) is 1.84. The van der Waals surface area contributed by atoms with E-state index in [1.54, 1.807) is 14.2 Å². The lowest BCUT2D eigenvalue weighted by Gasteiger charge is -2.07. The smallest absolute Gasteiger partial charge is 0.279 e. The fourth-order valence-electron chi connectivity index (χ4n) is 4.51. The molecule has 160 valence electrons. The number of hydrogen-bond acceptors (Lipinski definition) is 4. The minimum absolute atomic E-state index is 0.270. The molecule has 0 N–H and O–H groups in total. The van der Waals surface area contributed by atoms with Crippen LogP contribution < -0.4 is 20.0 Å². The molecule has 2 heterocycles. The topological polar surface area (TPSA) is 61.0 Å². The van der Waals surface area contributed by atoms with Gasteiger partial charge in [0.05, 0.1) is 25.1 Å². The van der Waals surface area contributed by atoms with Crippen LogP contribution in [0, 0.1) is 0 Å². The summed E-state index contributed by atoms with van der Waals surface area (Å²) in [6, 6.07) is 25.1. The molecule has 33 heavy (non-hydrogen) atoms. The van der Waals surface area contributed by atoms with Crippen LogP contribution in [0.3, 0.4) is 0 Å². The molecule has 0 spiro atoms. The number of benzene rings is 4. The zero-order valence-corrected chi connectivity index (χ0v) is 18.1. The molecule has 6 rings (SSSR count). The maximum absolute atomic E-state index is 13.2. The maximum atomic E-state index is 13.2. The molecule has 1 aliphatic rings. The van der Waals surface area contributed by atoms with Crippen molar-refractivity contribution in [1.82, 2.24) is 0 Å². The number of carbonyl (C=O) groups excluding carboxylic acids is 1. The Bertz CT molecular complexity index is 1690. The van der Waals surface area contributed by atoms with Crippen LogP contribution in [0.4, 0.5) is 0 Å². The van der Waals surface area contributed by atoms with Crippen molar-refractivity contribution in [2.24, 2.45) is 4.99 Å². The van der Waals surface area contributed by atoms with Gasteiger partial charge in [0.15, 0.2) is 0 Å². The zero-order valence-electron chi connectivity index (χ0n) is 18.1. The average molecular weight is 433 g/mol. The van der Waals surface area contributed by atoms with Gasteiger partial charge in [-0.3, -0.25) is 4.79 Å². The van der Waals surface area contributed by atoms with E-state index in [0.717, 1.165) is 44.0 Å². The Balaban J connectivity index is 1.79. The lowest BCUT2D eigenvalue weighted by molar-refractivity contribution is -0.112. The third kappa shape index (κ3) is 2.93. The van der Waals surface area contributed by atoms with Crippen LogP contribution in [-0.4, -0.2) is 20.1 Å². The van der Waals surface area contributed by atoms with Crippen molar-refractivity contribution in [3.05, 3.63) is 95.0 Å². The first-order chi connectivity index (χ1) is 16.2. The van der Waals surface area contributed by atoms with Crippen LogP contribution in [0.15, 0.2) is 88.3 Å². The highest BCUT2D eigenvalue weighted by Crippen LogP contribution is 2.42. The number of ether oxygens (including phenoxy) is 2. The van der Waals surface area contributed by atoms with Gasteiger partial charge in [-0.05, 0) is 59.3 Å². The highest BCUT2D eigenvalue weighted by Gasteiger charge is 2.28. The number of carbonyl (C=O) groups is 1. The van der Waals surface area contributed by atoms with Gasteiger partial charge in [-0.15, -0.1) is 0 Å². The second-order valence-electron chi connectivity index (χ2n) is 7.87. The number of amides is 1. The van der Waals surface area contributed by atoms with Crippen LogP contribution in [0.25, 0.3) is 38.6 Å². The summed E-state index contributed by atoms with van der Waals surface area (Å²) in [6.07, 6.45) is 0. The van der Waals surface area contributed by atoms with Gasteiger partial charge in [-0.1, -0.05) is 30.3 Å². The Morgan fingerprint density at radius 3 is 2.33 bits per heavy atom. The van der Waals surface area contributed by atoms with Crippen LogP contribution in [0.5, 0.6) is 11.5 Å². The standard InChI is InChI=1S/C28H19NO4/c1-31-18-11-8-17(9-12-18)27-26(25-20-5-3-4-6-22(20)29-28(25)30)24-21-15-19(32-2)13-7-16(21)10-14-23(24)33-27/h3-15H,1-2H3. The van der Waals surface area contributed by atoms with E-state index in [4.69, 9.17) is 13.9 Å². The maximum Gasteiger partial charge on any atom is 0.279 e. The third-order valence-corrected chi connectivity index (χ3v) is 6.09. The minimum Gasteiger partial charge on any atom is -0.497 e. The monoisotopic (exact) mass is 433 g/mol. The van der Waals surface area contributed by atoms with Gasteiger partial charge in [0, 0.05) is 21.7 Å². The molecule has 0 atom stereocenters. The highest BCUT2D eigenvalue weighted by atomic mass is 16.5. The second kappa shape index (κ2) is 7.35. The van der Waals surface area contributed by atoms with E-state index >= 15 is 0 Å². The molecule has 0 bridgehead atoms. The number of furan rings is 1. The normalized spacial score (nSPS) is 12.8. The summed E-state index contributed by atoms with van der Waals surface area (Å²) in [6.45, 7) is 0. The molecule has 0 saturated heterocycles. The molecule has 0 fully saturated rings. The first kappa shape index (κ1) is 19.3. The summed E-state index contributed by atoms with van der Waals surface area (Å²) >= 11 is 0. The van der Waals surface area contributed by atoms with Crippen molar-refractivity contribution in [3.8, 4) is 22.8 Å². The lowest BCUT2D eigenvalue weighted by atomic mass is 9.94. The number of hydrogen-bond donors (Lipinski definition) is 0. The van der Waals surface area contributed by atoms with Crippen LogP contribution in [0.1, 0.15) is 5.56 Å². The van der Waals surface area contributed by atoms with Gasteiger partial charge in [0.25, 0.3) is 5.91 Å². The quantitative estimate of drug-likeness (QED) is 0.415. The molecule has 1 aliphatic heterocycles. The van der Waals surface area contributed by atoms with E-state index in [1.165, 1.54) is 0 Å². The molecule has 0 radical (unpaired) electrons. The SMILES string of the molecule is COc1ccc(-c2oc3ccc4ccc(OC)cc4c3c2C2=c3ccccc3=NC2=O)cc1. The van der Waals surface area contributed by atoms with Crippen molar-refractivity contribution in [3.63, 3.8) is 0 Å². The predicted octanol–water partition coefficient (Wildman–Crippen LogP) is 4.63. The number of nitrogens with zero attached hydrogens (tertiary/aromatic N) is 1. The van der Waals surface area contributed by atoms with Crippen molar-refractivity contribution in [1.29, 1.82) is 0 Å². The van der Waals surface area contributed by atoms with Crippen molar-refractivity contribution < 1.29 is 18.7 Å². The van der Waals surface area contributed by atoms with E-state index in [0.29, 0.717) is 22.3 Å². The molecule has 1 amide bonds. The molecular formula is C28H19NO4. The highest BCUT2D eigenvalue weighted by molar-refractivity contribution is 6.28. The third-order valence-electron chi connectivity index (χ3n) is 6.09. The molecule has 5 nitrogen and oxygen atoms in total. The first-order valence-corrected chi connectivity index (χ1v) is 10.6. The van der Waals surface area contributed by atoms with E-state index in [-0.39, 0.29) is 5.91 Å². The summed E-state index contributed by atoms with van der Waals surface area (Å²) in [4.78, 5) is 17.5. The Hall–Kier alpha value is -4.38. The largest absolute Gasteiger partial charge is 0.497 e. The number of methoxy groups -OCH3 is 2. The molecule has 1 aromatic heterocycles. The van der Waals surface area contributed by atoms with Crippen molar-refractivity contribution in [2.75, 3.05) is 14.2 Å². The Morgan fingerprint density at radius 1 is 0.818 bits per heavy atom. The second-order valence-corrected chi connectivity index (χ2v) is 7.87. The summed E-state index contributed by atoms with van der Waals surface area (Å²) in [7, 11) is 3.28. The van der Waals surface area contributed by atoms with Gasteiger partial charge < -0.3 is 13.9 Å². The molecule has 5 aromatic rings. The van der Waals surface area contributed by atoms with Crippen LogP contribution in [-0.2, 0) is 4.79 Å². The van der Waals surface area contributed by atoms with Gasteiger partial charge in [0.2, 0.25) is 0 Å². The van der Waals surface area contributed by atoms with Gasteiger partial charge in [-0.25, -0.2) is 4.99 Å². The Kier molecular flexibility index (Phi) is 4.30. The molecule has 0 saturated carbocycles. The zero-order chi connectivity index (χ0) is 22.5. The van der Waals surface area contributed by atoms with Gasteiger partial charge in [0.1, 0.15) is 22.8 Å². The molecular weight excluding hydrogens is 414 g/mol. The fourth-order valence-corrected chi connectivity index (χ4v) is 4.51. The minimum atomic E-state index is -0.270.